The van der Waals surface area contributed by atoms with Gasteiger partial charge in [-0.1, -0.05) is 34.1 Å². The first-order valence-electron chi connectivity index (χ1n) is 9.05. The number of para-hydroxylation sites is 1. The third-order valence-corrected chi connectivity index (χ3v) is 5.28. The largest absolute Gasteiger partial charge is 0.410 e. The SMILES string of the molecule is NC(=O)Oc1cccc2c(N[C@H](CN3CCC3)c3cccc(Br)c3)ncnc12. The number of halogens is 1. The van der Waals surface area contributed by atoms with Gasteiger partial charge >= 0.3 is 6.09 Å². The van der Waals surface area contributed by atoms with E-state index in [2.05, 4.69) is 48.2 Å². The molecule has 3 N–H and O–H groups in total. The summed E-state index contributed by atoms with van der Waals surface area (Å²) in [6, 6.07) is 13.7. The molecule has 1 aliphatic heterocycles. The summed E-state index contributed by atoms with van der Waals surface area (Å²) in [7, 11) is 0. The molecule has 0 bridgehead atoms. The average Bonchev–Trinajstić information content (AvgIpc) is 2.63. The maximum atomic E-state index is 11.2. The summed E-state index contributed by atoms with van der Waals surface area (Å²) in [5.74, 6) is 1.00. The Morgan fingerprint density at radius 2 is 2.07 bits per heavy atom. The minimum absolute atomic E-state index is 0.0524. The third kappa shape index (κ3) is 4.07. The van der Waals surface area contributed by atoms with E-state index in [0.29, 0.717) is 17.1 Å². The number of ether oxygens (including phenoxy) is 1. The second-order valence-corrected chi connectivity index (χ2v) is 7.62. The van der Waals surface area contributed by atoms with Gasteiger partial charge in [-0.25, -0.2) is 14.8 Å². The fourth-order valence-electron chi connectivity index (χ4n) is 3.31. The summed E-state index contributed by atoms with van der Waals surface area (Å²) >= 11 is 3.56. The zero-order valence-corrected chi connectivity index (χ0v) is 16.7. The van der Waals surface area contributed by atoms with E-state index >= 15 is 0 Å². The molecule has 28 heavy (non-hydrogen) atoms. The van der Waals surface area contributed by atoms with Gasteiger partial charge in [-0.3, -0.25) is 0 Å². The molecule has 0 unspecified atom stereocenters. The van der Waals surface area contributed by atoms with Gasteiger partial charge in [-0.15, -0.1) is 0 Å². The second-order valence-electron chi connectivity index (χ2n) is 6.70. The number of benzene rings is 2. The number of likely N-dealkylation sites (tertiary alicyclic amines) is 1. The zero-order chi connectivity index (χ0) is 19.5. The number of rotatable bonds is 6. The average molecular weight is 442 g/mol. The van der Waals surface area contributed by atoms with Crippen LogP contribution in [0.4, 0.5) is 10.6 Å². The highest BCUT2D eigenvalue weighted by molar-refractivity contribution is 9.10. The highest BCUT2D eigenvalue weighted by Crippen LogP contribution is 2.31. The van der Waals surface area contributed by atoms with Crippen molar-refractivity contribution in [3.8, 4) is 5.75 Å². The monoisotopic (exact) mass is 441 g/mol. The number of fused-ring (bicyclic) bond motifs is 1. The van der Waals surface area contributed by atoms with Crippen LogP contribution in [0, 0.1) is 0 Å². The van der Waals surface area contributed by atoms with E-state index in [4.69, 9.17) is 10.5 Å². The molecule has 0 aliphatic carbocycles. The lowest BCUT2D eigenvalue weighted by Gasteiger charge is -2.35. The normalized spacial score (nSPS) is 15.0. The molecule has 1 saturated heterocycles. The fourth-order valence-corrected chi connectivity index (χ4v) is 3.73. The predicted octanol–water partition coefficient (Wildman–Crippen LogP) is 3.71. The van der Waals surface area contributed by atoms with Gasteiger partial charge in [0.1, 0.15) is 17.7 Å². The van der Waals surface area contributed by atoms with Crippen LogP contribution >= 0.6 is 15.9 Å². The number of aromatic nitrogens is 2. The van der Waals surface area contributed by atoms with Crippen LogP contribution in [0.1, 0.15) is 18.0 Å². The molecule has 7 nitrogen and oxygen atoms in total. The van der Waals surface area contributed by atoms with Crippen molar-refractivity contribution in [2.75, 3.05) is 25.0 Å². The molecule has 1 amide bonds. The van der Waals surface area contributed by atoms with Crippen LogP contribution in [0.15, 0.2) is 53.3 Å². The van der Waals surface area contributed by atoms with E-state index in [9.17, 15) is 4.79 Å². The van der Waals surface area contributed by atoms with Crippen LogP contribution in [0.2, 0.25) is 0 Å². The first-order chi connectivity index (χ1) is 13.6. The maximum absolute atomic E-state index is 11.2. The molecule has 1 fully saturated rings. The van der Waals surface area contributed by atoms with E-state index < -0.39 is 6.09 Å². The van der Waals surface area contributed by atoms with Crippen molar-refractivity contribution in [1.82, 2.24) is 14.9 Å². The summed E-state index contributed by atoms with van der Waals surface area (Å²) < 4.78 is 6.12. The Balaban J connectivity index is 1.69. The highest BCUT2D eigenvalue weighted by Gasteiger charge is 2.22. The highest BCUT2D eigenvalue weighted by atomic mass is 79.9. The minimum Gasteiger partial charge on any atom is -0.408 e. The van der Waals surface area contributed by atoms with E-state index in [1.807, 2.05) is 18.2 Å². The number of nitrogens with zero attached hydrogens (tertiary/aromatic N) is 3. The summed E-state index contributed by atoms with van der Waals surface area (Å²) in [5.41, 5.74) is 6.87. The van der Waals surface area contributed by atoms with Crippen molar-refractivity contribution in [3.63, 3.8) is 0 Å². The van der Waals surface area contributed by atoms with Crippen LogP contribution in [0.3, 0.4) is 0 Å². The van der Waals surface area contributed by atoms with Crippen LogP contribution in [-0.2, 0) is 0 Å². The smallest absolute Gasteiger partial charge is 0.408 e. The lowest BCUT2D eigenvalue weighted by Crippen LogP contribution is -2.41. The van der Waals surface area contributed by atoms with Crippen molar-refractivity contribution >= 4 is 38.7 Å². The number of hydrogen-bond donors (Lipinski definition) is 2. The predicted molar refractivity (Wildman–Crippen MR) is 111 cm³/mol. The first-order valence-corrected chi connectivity index (χ1v) is 9.85. The van der Waals surface area contributed by atoms with Crippen LogP contribution in [0.25, 0.3) is 10.9 Å². The molecule has 0 spiro atoms. The van der Waals surface area contributed by atoms with E-state index in [-0.39, 0.29) is 6.04 Å². The van der Waals surface area contributed by atoms with Gasteiger partial charge in [0.15, 0.2) is 5.75 Å². The van der Waals surface area contributed by atoms with Crippen molar-refractivity contribution < 1.29 is 9.53 Å². The van der Waals surface area contributed by atoms with E-state index in [0.717, 1.165) is 35.1 Å². The number of amides is 1. The Labute approximate surface area is 171 Å². The molecule has 1 aliphatic rings. The molecule has 0 saturated carbocycles. The van der Waals surface area contributed by atoms with E-state index in [1.54, 1.807) is 12.1 Å². The van der Waals surface area contributed by atoms with E-state index in [1.165, 1.54) is 12.7 Å². The number of carbonyl (C=O) groups is 1. The minimum atomic E-state index is -0.870. The Morgan fingerprint density at radius 3 is 2.79 bits per heavy atom. The van der Waals surface area contributed by atoms with Gasteiger partial charge in [0.05, 0.1) is 6.04 Å². The molecule has 4 rings (SSSR count). The molecule has 144 valence electrons. The maximum Gasteiger partial charge on any atom is 0.410 e. The Kier molecular flexibility index (Phi) is 5.40. The second kappa shape index (κ2) is 8.12. The van der Waals surface area contributed by atoms with Gasteiger partial charge in [0.2, 0.25) is 0 Å². The van der Waals surface area contributed by atoms with Crippen LogP contribution in [0.5, 0.6) is 5.75 Å². The molecule has 2 heterocycles. The zero-order valence-electron chi connectivity index (χ0n) is 15.1. The van der Waals surface area contributed by atoms with Crippen molar-refractivity contribution in [1.29, 1.82) is 0 Å². The number of anilines is 1. The Morgan fingerprint density at radius 1 is 1.25 bits per heavy atom. The van der Waals surface area contributed by atoms with Gasteiger partial charge < -0.3 is 20.7 Å². The van der Waals surface area contributed by atoms with Gasteiger partial charge in [-0.2, -0.15) is 0 Å². The lowest BCUT2D eigenvalue weighted by molar-refractivity contribution is 0.174. The summed E-state index contributed by atoms with van der Waals surface area (Å²) in [6.07, 6.45) is 1.82. The number of nitrogens with two attached hydrogens (primary N) is 1. The quantitative estimate of drug-likeness (QED) is 0.605. The third-order valence-electron chi connectivity index (χ3n) is 4.79. The number of carbonyl (C=O) groups excluding carboxylic acids is 1. The van der Waals surface area contributed by atoms with Crippen molar-refractivity contribution in [2.24, 2.45) is 5.73 Å². The summed E-state index contributed by atoms with van der Waals surface area (Å²) in [6.45, 7) is 3.08. The molecule has 2 aromatic carbocycles. The number of primary amides is 1. The van der Waals surface area contributed by atoms with Gasteiger partial charge in [-0.05, 0) is 49.3 Å². The summed E-state index contributed by atoms with van der Waals surface area (Å²) in [4.78, 5) is 22.3. The molecule has 3 aromatic rings. The van der Waals surface area contributed by atoms with Crippen LogP contribution < -0.4 is 15.8 Å². The van der Waals surface area contributed by atoms with Gasteiger partial charge in [0.25, 0.3) is 0 Å². The van der Waals surface area contributed by atoms with Gasteiger partial charge in [0, 0.05) is 16.4 Å². The number of nitrogens with one attached hydrogen (secondary N) is 1. The number of hydrogen-bond acceptors (Lipinski definition) is 6. The molecule has 8 heteroatoms. The van der Waals surface area contributed by atoms with Crippen molar-refractivity contribution in [3.05, 3.63) is 58.8 Å². The standard InChI is InChI=1S/C20H20BrN5O2/c21-14-5-1-4-13(10-14)16(11-26-8-3-9-26)25-19-15-6-2-7-17(28-20(22)27)18(15)23-12-24-19/h1-2,4-7,10,12,16H,3,8-9,11H2,(H2,22,27)(H,23,24,25)/t16-/m1/s1. The fraction of sp³-hybridized carbons (Fsp3) is 0.250. The molecule has 1 atom stereocenters. The molecule has 0 radical (unpaired) electrons. The Hall–Kier alpha value is -2.71. The molecule has 1 aromatic heterocycles. The first kappa shape index (κ1) is 18.6. The molecular weight excluding hydrogens is 422 g/mol. The van der Waals surface area contributed by atoms with Crippen molar-refractivity contribution in [2.45, 2.75) is 12.5 Å². The molecular formula is C20H20BrN5O2. The van der Waals surface area contributed by atoms with Crippen LogP contribution in [-0.4, -0.2) is 40.6 Å². The topological polar surface area (TPSA) is 93.4 Å². The lowest BCUT2D eigenvalue weighted by atomic mass is 10.0. The summed E-state index contributed by atoms with van der Waals surface area (Å²) in [5, 5.41) is 4.33. The Bertz CT molecular complexity index is 1010.